The summed E-state index contributed by atoms with van der Waals surface area (Å²) in [4.78, 5) is -0.164. The van der Waals surface area contributed by atoms with Gasteiger partial charge in [0.25, 0.3) is 10.0 Å². The molecule has 0 unspecified atom stereocenters. The van der Waals surface area contributed by atoms with E-state index in [1.807, 2.05) is 0 Å². The maximum atomic E-state index is 13.9. The van der Waals surface area contributed by atoms with Gasteiger partial charge >= 0.3 is 0 Å². The van der Waals surface area contributed by atoms with Crippen LogP contribution in [0.4, 0.5) is 10.1 Å². The van der Waals surface area contributed by atoms with Gasteiger partial charge < -0.3 is 14.2 Å². The maximum Gasteiger partial charge on any atom is 0.264 e. The molecule has 0 atom stereocenters. The fourth-order valence-corrected chi connectivity index (χ4v) is 3.88. The van der Waals surface area contributed by atoms with Crippen LogP contribution in [0.25, 0.3) is 0 Å². The number of sulfonamides is 1. The second-order valence-electron chi connectivity index (χ2n) is 5.01. The van der Waals surface area contributed by atoms with Crippen LogP contribution in [0, 0.1) is 5.82 Å². The van der Waals surface area contributed by atoms with Gasteiger partial charge in [0.1, 0.15) is 0 Å². The van der Waals surface area contributed by atoms with Crippen molar-refractivity contribution in [2.45, 2.75) is 11.8 Å². The molecule has 0 N–H and O–H groups in total. The van der Waals surface area contributed by atoms with E-state index in [9.17, 15) is 12.8 Å². The maximum absolute atomic E-state index is 13.9. The van der Waals surface area contributed by atoms with Crippen LogP contribution in [0.15, 0.2) is 41.3 Å². The Morgan fingerprint density at radius 1 is 0.920 bits per heavy atom. The lowest BCUT2D eigenvalue weighted by molar-refractivity contribution is 0.355. The topological polar surface area (TPSA) is 65.1 Å². The van der Waals surface area contributed by atoms with Crippen molar-refractivity contribution in [3.63, 3.8) is 0 Å². The van der Waals surface area contributed by atoms with E-state index >= 15 is 0 Å². The molecule has 0 saturated carbocycles. The SMILES string of the molecule is CCN(c1ccc(OC)c(OC)c1)S(=O)(=O)c1ccc(OC)c(F)c1. The van der Waals surface area contributed by atoms with Crippen LogP contribution in [0.5, 0.6) is 17.2 Å². The summed E-state index contributed by atoms with van der Waals surface area (Å²) in [6.45, 7) is 1.85. The van der Waals surface area contributed by atoms with E-state index < -0.39 is 15.8 Å². The number of anilines is 1. The van der Waals surface area contributed by atoms with E-state index in [1.165, 1.54) is 33.5 Å². The first-order chi connectivity index (χ1) is 11.9. The van der Waals surface area contributed by atoms with Gasteiger partial charge in [-0.1, -0.05) is 0 Å². The van der Waals surface area contributed by atoms with E-state index in [-0.39, 0.29) is 17.2 Å². The van der Waals surface area contributed by atoms with Crippen LogP contribution < -0.4 is 18.5 Å². The van der Waals surface area contributed by atoms with Crippen molar-refractivity contribution in [2.24, 2.45) is 0 Å². The van der Waals surface area contributed by atoms with Crippen molar-refractivity contribution < 1.29 is 27.0 Å². The zero-order valence-electron chi connectivity index (χ0n) is 14.4. The number of halogens is 1. The molecule has 0 heterocycles. The van der Waals surface area contributed by atoms with Crippen LogP contribution in [-0.4, -0.2) is 36.3 Å². The summed E-state index contributed by atoms with van der Waals surface area (Å²) in [6, 6.07) is 8.30. The largest absolute Gasteiger partial charge is 0.494 e. The number of rotatable bonds is 7. The van der Waals surface area contributed by atoms with Crippen molar-refractivity contribution in [3.8, 4) is 17.2 Å². The molecular formula is C17H20FNO5S. The first-order valence-corrected chi connectivity index (χ1v) is 8.91. The summed E-state index contributed by atoms with van der Waals surface area (Å²) in [5.41, 5.74) is 0.386. The zero-order valence-corrected chi connectivity index (χ0v) is 15.3. The molecule has 136 valence electrons. The minimum Gasteiger partial charge on any atom is -0.494 e. The van der Waals surface area contributed by atoms with Crippen LogP contribution in [0.2, 0.25) is 0 Å². The van der Waals surface area contributed by atoms with Crippen molar-refractivity contribution in [1.29, 1.82) is 0 Å². The van der Waals surface area contributed by atoms with Gasteiger partial charge in [-0.25, -0.2) is 12.8 Å². The summed E-state index contributed by atoms with van der Waals surface area (Å²) in [5, 5.41) is 0. The number of methoxy groups -OCH3 is 3. The van der Waals surface area contributed by atoms with E-state index in [1.54, 1.807) is 25.1 Å². The van der Waals surface area contributed by atoms with Crippen LogP contribution >= 0.6 is 0 Å². The van der Waals surface area contributed by atoms with Crippen LogP contribution in [0.1, 0.15) is 6.92 Å². The molecule has 0 spiro atoms. The average molecular weight is 369 g/mol. The van der Waals surface area contributed by atoms with E-state index in [4.69, 9.17) is 14.2 Å². The van der Waals surface area contributed by atoms with Gasteiger partial charge in [-0.05, 0) is 37.3 Å². The molecule has 8 heteroatoms. The van der Waals surface area contributed by atoms with Gasteiger partial charge in [-0.3, -0.25) is 4.31 Å². The highest BCUT2D eigenvalue weighted by atomic mass is 32.2. The number of hydrogen-bond donors (Lipinski definition) is 0. The smallest absolute Gasteiger partial charge is 0.264 e. The molecular weight excluding hydrogens is 349 g/mol. The molecule has 0 bridgehead atoms. The highest BCUT2D eigenvalue weighted by Gasteiger charge is 2.25. The average Bonchev–Trinajstić information content (AvgIpc) is 2.61. The Hall–Kier alpha value is -2.48. The van der Waals surface area contributed by atoms with E-state index in [0.717, 1.165) is 10.4 Å². The molecule has 2 aromatic rings. The summed E-state index contributed by atoms with van der Waals surface area (Å²) >= 11 is 0. The molecule has 0 fully saturated rings. The van der Waals surface area contributed by atoms with Gasteiger partial charge in [-0.2, -0.15) is 0 Å². The highest BCUT2D eigenvalue weighted by Crippen LogP contribution is 2.34. The Labute approximate surface area is 146 Å². The predicted molar refractivity (Wildman–Crippen MR) is 92.7 cm³/mol. The minimum atomic E-state index is -3.95. The van der Waals surface area contributed by atoms with Crippen molar-refractivity contribution in [2.75, 3.05) is 32.2 Å². The second kappa shape index (κ2) is 7.60. The summed E-state index contributed by atoms with van der Waals surface area (Å²) in [6.07, 6.45) is 0. The van der Waals surface area contributed by atoms with Crippen molar-refractivity contribution in [3.05, 3.63) is 42.2 Å². The lowest BCUT2D eigenvalue weighted by atomic mass is 10.2. The third-order valence-electron chi connectivity index (χ3n) is 3.65. The number of benzene rings is 2. The minimum absolute atomic E-state index is 0.0203. The second-order valence-corrected chi connectivity index (χ2v) is 6.87. The van der Waals surface area contributed by atoms with Gasteiger partial charge in [0.2, 0.25) is 0 Å². The van der Waals surface area contributed by atoms with Crippen molar-refractivity contribution >= 4 is 15.7 Å². The normalized spacial score (nSPS) is 11.1. The monoisotopic (exact) mass is 369 g/mol. The molecule has 2 rings (SSSR count). The first kappa shape index (κ1) is 18.9. The van der Waals surface area contributed by atoms with Crippen molar-refractivity contribution in [1.82, 2.24) is 0 Å². The fourth-order valence-electron chi connectivity index (χ4n) is 2.41. The summed E-state index contributed by atoms with van der Waals surface area (Å²) in [7, 11) is 0.315. The number of ether oxygens (including phenoxy) is 3. The van der Waals surface area contributed by atoms with E-state index in [2.05, 4.69) is 0 Å². The lowest BCUT2D eigenvalue weighted by Gasteiger charge is -2.24. The zero-order chi connectivity index (χ0) is 18.6. The molecule has 25 heavy (non-hydrogen) atoms. The molecule has 0 amide bonds. The summed E-state index contributed by atoms with van der Waals surface area (Å²) in [5.74, 6) is 0.116. The highest BCUT2D eigenvalue weighted by molar-refractivity contribution is 7.92. The van der Waals surface area contributed by atoms with Crippen LogP contribution in [0.3, 0.4) is 0 Å². The molecule has 0 aliphatic carbocycles. The standard InChI is InChI=1S/C17H20FNO5S/c1-5-19(12-6-8-16(23-3)17(10-12)24-4)25(20,21)13-7-9-15(22-2)14(18)11-13/h6-11H,5H2,1-4H3. The first-order valence-electron chi connectivity index (χ1n) is 7.47. The van der Waals surface area contributed by atoms with Crippen LogP contribution in [-0.2, 0) is 10.0 Å². The molecule has 0 aliphatic heterocycles. The Bertz CT molecular complexity index is 854. The fraction of sp³-hybridized carbons (Fsp3) is 0.294. The Morgan fingerprint density at radius 3 is 2.04 bits per heavy atom. The predicted octanol–water partition coefficient (Wildman–Crippen LogP) is 3.07. The Kier molecular flexibility index (Phi) is 5.73. The van der Waals surface area contributed by atoms with Gasteiger partial charge in [0.05, 0.1) is 31.9 Å². The molecule has 0 aromatic heterocycles. The third kappa shape index (κ3) is 3.63. The Morgan fingerprint density at radius 2 is 1.52 bits per heavy atom. The molecule has 0 saturated heterocycles. The number of hydrogen-bond acceptors (Lipinski definition) is 5. The molecule has 0 aliphatic rings. The molecule has 0 radical (unpaired) electrons. The Balaban J connectivity index is 2.50. The summed E-state index contributed by atoms with van der Waals surface area (Å²) < 4.78 is 56.1. The van der Waals surface area contributed by atoms with Gasteiger partial charge in [-0.15, -0.1) is 0 Å². The third-order valence-corrected chi connectivity index (χ3v) is 5.55. The van der Waals surface area contributed by atoms with E-state index in [0.29, 0.717) is 17.2 Å². The van der Waals surface area contributed by atoms with Gasteiger partial charge in [0.15, 0.2) is 23.1 Å². The number of nitrogens with zero attached hydrogens (tertiary/aromatic N) is 1. The lowest BCUT2D eigenvalue weighted by Crippen LogP contribution is -2.30. The van der Waals surface area contributed by atoms with Gasteiger partial charge in [0, 0.05) is 12.6 Å². The quantitative estimate of drug-likeness (QED) is 0.750. The molecule has 6 nitrogen and oxygen atoms in total. The molecule has 2 aromatic carbocycles.